The molecule has 0 radical (unpaired) electrons. The number of halogens is 1. The van der Waals surface area contributed by atoms with Crippen LogP contribution in [0.5, 0.6) is 11.5 Å². The second-order valence-electron chi connectivity index (χ2n) is 10.1. The van der Waals surface area contributed by atoms with Gasteiger partial charge in [-0.15, -0.1) is 0 Å². The molecule has 0 aromatic heterocycles. The van der Waals surface area contributed by atoms with E-state index in [9.17, 15) is 18.8 Å². The number of nitrogens with one attached hydrogen (secondary N) is 2. The lowest BCUT2D eigenvalue weighted by molar-refractivity contribution is -0.133. The van der Waals surface area contributed by atoms with Crippen LogP contribution in [-0.4, -0.2) is 54.5 Å². The number of carbonyl (C=O) groups is 3. The molecule has 0 aliphatic carbocycles. The van der Waals surface area contributed by atoms with Crippen LogP contribution in [-0.2, 0) is 22.6 Å². The lowest BCUT2D eigenvalue weighted by atomic mass is 9.99. The van der Waals surface area contributed by atoms with Crippen molar-refractivity contribution in [1.29, 1.82) is 0 Å². The summed E-state index contributed by atoms with van der Waals surface area (Å²) in [6.07, 6.45) is 0.604. The van der Waals surface area contributed by atoms with Crippen LogP contribution in [0.1, 0.15) is 39.9 Å². The number of piperidine rings is 1. The molecule has 3 aromatic rings. The molecule has 3 aromatic carbocycles. The Morgan fingerprint density at radius 3 is 2.67 bits per heavy atom. The first kappa shape index (κ1) is 27.2. The molecule has 3 heterocycles. The first-order valence-corrected chi connectivity index (χ1v) is 13.4. The van der Waals surface area contributed by atoms with E-state index in [2.05, 4.69) is 10.6 Å². The van der Waals surface area contributed by atoms with Crippen LogP contribution >= 0.6 is 0 Å². The van der Waals surface area contributed by atoms with Crippen molar-refractivity contribution in [3.05, 3.63) is 94.8 Å². The molecule has 0 spiro atoms. The van der Waals surface area contributed by atoms with Crippen LogP contribution in [0.3, 0.4) is 0 Å². The Labute approximate surface area is 232 Å². The fourth-order valence-electron chi connectivity index (χ4n) is 4.94. The van der Waals surface area contributed by atoms with E-state index in [1.54, 1.807) is 41.3 Å². The van der Waals surface area contributed by atoms with E-state index >= 15 is 0 Å². The van der Waals surface area contributed by atoms with Crippen molar-refractivity contribution in [2.24, 2.45) is 0 Å². The number of aryl methyl sites for hydroxylation is 2. The van der Waals surface area contributed by atoms with Crippen LogP contribution in [0, 0.1) is 12.7 Å². The van der Waals surface area contributed by atoms with Crippen molar-refractivity contribution in [2.45, 2.75) is 44.9 Å². The topological polar surface area (TPSA) is 97.0 Å². The minimum absolute atomic E-state index is 0.105. The third kappa shape index (κ3) is 6.59. The Morgan fingerprint density at radius 2 is 1.88 bits per heavy atom. The van der Waals surface area contributed by atoms with Crippen molar-refractivity contribution < 1.29 is 28.2 Å². The number of rotatable bonds is 3. The van der Waals surface area contributed by atoms with Gasteiger partial charge in [-0.1, -0.05) is 36.4 Å². The molecule has 6 rings (SSSR count). The SMILES string of the molecule is Cc1ccc2cc1OCC(=O)NCc1ccc(cc1)O[C@H]1CCN(C(=O)CCc3ccccc3F)C[C@@H]1NC2=O. The molecule has 3 aliphatic rings. The Kier molecular flexibility index (Phi) is 8.28. The molecule has 2 N–H and O–H groups in total. The van der Waals surface area contributed by atoms with Gasteiger partial charge in [0.2, 0.25) is 5.91 Å². The Morgan fingerprint density at radius 1 is 1.07 bits per heavy atom. The monoisotopic (exact) mass is 545 g/mol. The van der Waals surface area contributed by atoms with E-state index in [-0.39, 0.29) is 49.2 Å². The summed E-state index contributed by atoms with van der Waals surface area (Å²) >= 11 is 0. The molecule has 0 saturated carbocycles. The summed E-state index contributed by atoms with van der Waals surface area (Å²) < 4.78 is 26.1. The van der Waals surface area contributed by atoms with Gasteiger partial charge in [-0.25, -0.2) is 4.39 Å². The summed E-state index contributed by atoms with van der Waals surface area (Å²) in [6.45, 7) is 2.73. The van der Waals surface area contributed by atoms with Crippen LogP contribution in [0.4, 0.5) is 4.39 Å². The number of nitrogens with zero attached hydrogens (tertiary/aromatic N) is 1. The fraction of sp³-hybridized carbons (Fsp3) is 0.323. The van der Waals surface area contributed by atoms with Gasteiger partial charge in [0.25, 0.3) is 11.8 Å². The van der Waals surface area contributed by atoms with E-state index < -0.39 is 6.04 Å². The van der Waals surface area contributed by atoms with Crippen LogP contribution < -0.4 is 20.1 Å². The number of carbonyl (C=O) groups excluding carboxylic acids is 3. The lowest BCUT2D eigenvalue weighted by Crippen LogP contribution is -2.58. The molecule has 8 nitrogen and oxygen atoms in total. The zero-order valence-electron chi connectivity index (χ0n) is 22.3. The van der Waals surface area contributed by atoms with Gasteiger partial charge in [-0.2, -0.15) is 0 Å². The first-order chi connectivity index (χ1) is 19.4. The quantitative estimate of drug-likeness (QED) is 0.525. The van der Waals surface area contributed by atoms with Gasteiger partial charge in [0.05, 0.1) is 6.04 Å². The van der Waals surface area contributed by atoms with Crippen LogP contribution in [0.15, 0.2) is 66.7 Å². The van der Waals surface area contributed by atoms with Gasteiger partial charge in [0, 0.05) is 38.0 Å². The summed E-state index contributed by atoms with van der Waals surface area (Å²) in [7, 11) is 0. The molecule has 4 bridgehead atoms. The summed E-state index contributed by atoms with van der Waals surface area (Å²) in [5.41, 5.74) is 2.57. The maximum Gasteiger partial charge on any atom is 0.258 e. The Balaban J connectivity index is 1.36. The average molecular weight is 546 g/mol. The van der Waals surface area contributed by atoms with Crippen molar-refractivity contribution in [3.8, 4) is 11.5 Å². The van der Waals surface area contributed by atoms with E-state index in [1.165, 1.54) is 6.07 Å². The summed E-state index contributed by atoms with van der Waals surface area (Å²) in [5, 5.41) is 5.89. The molecule has 208 valence electrons. The zero-order valence-corrected chi connectivity index (χ0v) is 22.3. The number of ether oxygens (including phenoxy) is 2. The highest BCUT2D eigenvalue weighted by molar-refractivity contribution is 5.95. The first-order valence-electron chi connectivity index (χ1n) is 13.4. The molecule has 1 fully saturated rings. The number of likely N-dealkylation sites (tertiary alicyclic amines) is 1. The smallest absolute Gasteiger partial charge is 0.258 e. The van der Waals surface area contributed by atoms with Gasteiger partial charge < -0.3 is 25.0 Å². The summed E-state index contributed by atoms with van der Waals surface area (Å²) in [5.74, 6) is 0.0293. The van der Waals surface area contributed by atoms with Gasteiger partial charge in [0.15, 0.2) is 6.61 Å². The summed E-state index contributed by atoms with van der Waals surface area (Å²) in [6, 6.07) is 18.4. The highest BCUT2D eigenvalue weighted by Crippen LogP contribution is 2.24. The van der Waals surface area contributed by atoms with Crippen molar-refractivity contribution in [2.75, 3.05) is 19.7 Å². The predicted octanol–water partition coefficient (Wildman–Crippen LogP) is 3.55. The maximum atomic E-state index is 14.1. The highest BCUT2D eigenvalue weighted by Gasteiger charge is 2.34. The number of hydrogen-bond donors (Lipinski definition) is 2. The molecule has 1 saturated heterocycles. The number of benzene rings is 3. The number of hydrogen-bond acceptors (Lipinski definition) is 5. The Hall–Kier alpha value is -4.40. The van der Waals surface area contributed by atoms with Gasteiger partial charge >= 0.3 is 0 Å². The minimum atomic E-state index is -0.483. The molecule has 0 unspecified atom stereocenters. The third-order valence-electron chi connectivity index (χ3n) is 7.29. The van der Waals surface area contributed by atoms with Gasteiger partial charge in [0.1, 0.15) is 23.4 Å². The van der Waals surface area contributed by atoms with E-state index in [4.69, 9.17) is 9.47 Å². The zero-order chi connectivity index (χ0) is 28.1. The molecular formula is C31H32FN3O5. The van der Waals surface area contributed by atoms with Gasteiger partial charge in [-0.05, 0) is 60.4 Å². The van der Waals surface area contributed by atoms with Crippen LogP contribution in [0.25, 0.3) is 0 Å². The third-order valence-corrected chi connectivity index (χ3v) is 7.29. The minimum Gasteiger partial charge on any atom is -0.488 e. The fourth-order valence-corrected chi connectivity index (χ4v) is 4.94. The van der Waals surface area contributed by atoms with Crippen molar-refractivity contribution >= 4 is 17.7 Å². The predicted molar refractivity (Wildman–Crippen MR) is 147 cm³/mol. The van der Waals surface area contributed by atoms with E-state index in [0.29, 0.717) is 48.6 Å². The van der Waals surface area contributed by atoms with Crippen molar-refractivity contribution in [1.82, 2.24) is 15.5 Å². The standard InChI is InChI=1S/C31H32FN3O5/c1-20-6-9-23-16-28(20)39-19-29(36)33-17-21-7-11-24(12-8-21)40-27-14-15-35(18-26(27)34-31(23)38)30(37)13-10-22-4-2-3-5-25(22)32/h2-9,11-12,16,26-27H,10,13-15,17-19H2,1H3,(H,33,36)(H,34,38)/t26-,27-/m0/s1. The van der Waals surface area contributed by atoms with E-state index in [1.807, 2.05) is 31.2 Å². The van der Waals surface area contributed by atoms with Gasteiger partial charge in [-0.3, -0.25) is 14.4 Å². The average Bonchev–Trinajstić information content (AvgIpc) is 2.96. The maximum absolute atomic E-state index is 14.1. The molecule has 9 heteroatoms. The van der Waals surface area contributed by atoms with E-state index in [0.717, 1.165) is 11.1 Å². The molecule has 3 amide bonds. The second-order valence-corrected chi connectivity index (χ2v) is 10.1. The highest BCUT2D eigenvalue weighted by atomic mass is 19.1. The number of fused-ring (bicyclic) bond motifs is 7. The second kappa shape index (κ2) is 12.2. The molecular weight excluding hydrogens is 513 g/mol. The summed E-state index contributed by atoms with van der Waals surface area (Å²) in [4.78, 5) is 40.5. The molecule has 3 aliphatic heterocycles. The molecule has 40 heavy (non-hydrogen) atoms. The Bertz CT molecular complexity index is 1390. The normalized spacial score (nSPS) is 19.4. The number of amides is 3. The molecule has 2 atom stereocenters. The largest absolute Gasteiger partial charge is 0.488 e. The lowest BCUT2D eigenvalue weighted by Gasteiger charge is -2.39. The van der Waals surface area contributed by atoms with Crippen molar-refractivity contribution in [3.63, 3.8) is 0 Å². The van der Waals surface area contributed by atoms with Crippen LogP contribution in [0.2, 0.25) is 0 Å².